The summed E-state index contributed by atoms with van der Waals surface area (Å²) in [6.07, 6.45) is 7.69. The molecule has 0 fully saturated rings. The van der Waals surface area contributed by atoms with Crippen molar-refractivity contribution >= 4 is 62.8 Å². The summed E-state index contributed by atoms with van der Waals surface area (Å²) < 4.78 is 9.46. The van der Waals surface area contributed by atoms with E-state index in [1.807, 2.05) is 89.6 Å². The lowest BCUT2D eigenvalue weighted by Gasteiger charge is -2.43. The number of aromatic nitrogens is 1. The monoisotopic (exact) mass is 1120 g/mol. The van der Waals surface area contributed by atoms with Gasteiger partial charge >= 0.3 is 5.97 Å². The van der Waals surface area contributed by atoms with Crippen LogP contribution >= 0.6 is 11.8 Å². The average molecular weight is 1120 g/mol. The molecule has 0 spiro atoms. The summed E-state index contributed by atoms with van der Waals surface area (Å²) in [5.41, 5.74) is 16.4. The van der Waals surface area contributed by atoms with Crippen molar-refractivity contribution in [1.82, 2.24) is 0 Å². The fourth-order valence-electron chi connectivity index (χ4n) is 12.7. The minimum absolute atomic E-state index is 0.147. The number of carboxylic acid groups (broad SMARTS) is 1. The Balaban J connectivity index is 1.39. The van der Waals surface area contributed by atoms with E-state index in [9.17, 15) is 15.3 Å². The van der Waals surface area contributed by atoms with E-state index in [1.54, 1.807) is 23.9 Å². The van der Waals surface area contributed by atoms with Crippen molar-refractivity contribution in [2.75, 3.05) is 68.4 Å². The number of aliphatic hydroxyl groups is 2. The zero-order valence-corrected chi connectivity index (χ0v) is 50.7. The molecule has 422 valence electrons. The fourth-order valence-corrected chi connectivity index (χ4v) is 13.9. The van der Waals surface area contributed by atoms with Crippen molar-refractivity contribution in [3.8, 4) is 39.4 Å². The SMILES string of the molecule is CCN1c2cc3c(cc2C(C)=CC1(C)C)C(c1c(C(=O)O)c(-[n+]2ccc(N(C)C)cc2)c(-c2ccc(N(C)C)cc2)c(Sc2ccccc2)c1-c1ccc(N(C)C)cc1)=c1cc2c(cc1O3)=C(Cc1ccc(C(O)O)cc1)C(C)(C)C=C2C. The molecule has 8 aromatic rings. The Kier molecular flexibility index (Phi) is 14.8. The van der Waals surface area contributed by atoms with Gasteiger partial charge in [0, 0.05) is 144 Å². The molecule has 3 aliphatic rings. The molecular weight excluding hydrogens is 1050 g/mol. The first-order valence-electron chi connectivity index (χ1n) is 28.4. The number of benzene rings is 7. The fraction of sp³-hybridized carbons (Fsp3) is 0.250. The number of nitrogens with zero attached hydrogens (tertiary/aromatic N) is 5. The molecule has 0 radical (unpaired) electrons. The number of hydrogen-bond acceptors (Lipinski definition) is 9. The molecule has 3 N–H and O–H groups in total. The smallest absolute Gasteiger partial charge is 0.343 e. The molecule has 10 nitrogen and oxygen atoms in total. The zero-order chi connectivity index (χ0) is 59.0. The average Bonchev–Trinajstić information content (AvgIpc) is 1.42. The minimum atomic E-state index is -1.57. The second-order valence-corrected chi connectivity index (χ2v) is 25.0. The number of pyridine rings is 1. The van der Waals surface area contributed by atoms with Crippen molar-refractivity contribution in [2.45, 2.75) is 76.5 Å². The molecule has 0 amide bonds. The van der Waals surface area contributed by atoms with Gasteiger partial charge in [0.2, 0.25) is 5.69 Å². The number of carboxylic acids is 1. The highest BCUT2D eigenvalue weighted by Crippen LogP contribution is 2.54. The van der Waals surface area contributed by atoms with Gasteiger partial charge in [0.05, 0.1) is 11.1 Å². The van der Waals surface area contributed by atoms with Crippen molar-refractivity contribution in [3.05, 3.63) is 213 Å². The Morgan fingerprint density at radius 3 is 1.78 bits per heavy atom. The molecule has 1 aliphatic carbocycles. The molecule has 3 heterocycles. The summed E-state index contributed by atoms with van der Waals surface area (Å²) in [6.45, 7) is 16.3. The van der Waals surface area contributed by atoms with E-state index in [2.05, 4.69) is 177 Å². The van der Waals surface area contributed by atoms with Crippen LogP contribution in [-0.4, -0.2) is 75.7 Å². The quantitative estimate of drug-likeness (QED) is 0.0720. The number of rotatable bonds is 14. The van der Waals surface area contributed by atoms with Gasteiger partial charge in [-0.05, 0) is 140 Å². The van der Waals surface area contributed by atoms with Gasteiger partial charge in [-0.3, -0.25) is 0 Å². The van der Waals surface area contributed by atoms with E-state index in [-0.39, 0.29) is 16.5 Å². The predicted octanol–water partition coefficient (Wildman–Crippen LogP) is 13.5. The van der Waals surface area contributed by atoms with Gasteiger partial charge < -0.3 is 39.7 Å². The van der Waals surface area contributed by atoms with Gasteiger partial charge in [0.15, 0.2) is 18.7 Å². The van der Waals surface area contributed by atoms with Crippen LogP contribution in [0.3, 0.4) is 0 Å². The second kappa shape index (κ2) is 21.8. The Hall–Kier alpha value is -8.35. The number of hydrogen-bond donors (Lipinski definition) is 3. The number of ether oxygens (including phenoxy) is 1. The topological polar surface area (TPSA) is 104 Å². The van der Waals surface area contributed by atoms with Gasteiger partial charge in [0.25, 0.3) is 0 Å². The second-order valence-electron chi connectivity index (χ2n) is 23.9. The molecule has 11 rings (SSSR count). The highest BCUT2D eigenvalue weighted by atomic mass is 32.2. The predicted molar refractivity (Wildman–Crippen MR) is 342 cm³/mol. The Bertz CT molecular complexity index is 4070. The number of anilines is 4. The van der Waals surface area contributed by atoms with Crippen LogP contribution in [-0.2, 0) is 6.42 Å². The number of fused-ring (bicyclic) bond motifs is 4. The number of likely N-dealkylation sites (N-methyl/N-ethyl adjacent to an activating group) is 1. The first-order valence-corrected chi connectivity index (χ1v) is 29.2. The van der Waals surface area contributed by atoms with Crippen molar-refractivity contribution < 1.29 is 29.4 Å². The summed E-state index contributed by atoms with van der Waals surface area (Å²) in [6, 6.07) is 47.8. The van der Waals surface area contributed by atoms with Crippen LogP contribution < -0.4 is 39.3 Å². The Morgan fingerprint density at radius 2 is 1.22 bits per heavy atom. The molecule has 83 heavy (non-hydrogen) atoms. The summed E-state index contributed by atoms with van der Waals surface area (Å²) in [5, 5.41) is 34.5. The van der Waals surface area contributed by atoms with Gasteiger partial charge in [-0.1, -0.05) is 104 Å². The van der Waals surface area contributed by atoms with E-state index < -0.39 is 12.3 Å². The molecule has 1 aromatic heterocycles. The maximum atomic E-state index is 15.5. The highest BCUT2D eigenvalue weighted by Gasteiger charge is 2.40. The molecule has 0 atom stereocenters. The molecule has 7 aromatic carbocycles. The maximum absolute atomic E-state index is 15.5. The van der Waals surface area contributed by atoms with Crippen LogP contribution in [0.15, 0.2) is 174 Å². The molecule has 0 saturated heterocycles. The van der Waals surface area contributed by atoms with E-state index in [0.717, 1.165) is 111 Å². The lowest BCUT2D eigenvalue weighted by Crippen LogP contribution is -2.45. The molecule has 0 bridgehead atoms. The van der Waals surface area contributed by atoms with Gasteiger partial charge in [-0.15, -0.1) is 0 Å². The standard InChI is InChI=1S/C72H73N5O5S/c1-14-77-59-40-61-57(38-54(59)44(3)42-72(77,6)7)64(56-37-53-43(2)41-71(4,5)58(55(53)39-60(56)82-61)36-45-20-22-48(23-21-45)69(78)79)65-62(46-24-28-49(29-25-46)73(8)9)68(83-52-18-16-15-17-19-52)63(47-26-30-50(31-27-47)74(10)11)67(66(65)70(80)81)76-34-32-51(33-35-76)75(12)13/h15-35,37-42,69,78-79H,14,36H2,1-13H3/p+1. The zero-order valence-electron chi connectivity index (χ0n) is 49.9. The first-order chi connectivity index (χ1) is 39.5. The highest BCUT2D eigenvalue weighted by molar-refractivity contribution is 7.99. The lowest BCUT2D eigenvalue weighted by atomic mass is 9.73. The van der Waals surface area contributed by atoms with Gasteiger partial charge in [-0.2, -0.15) is 4.57 Å². The number of carbonyl (C=O) groups is 1. The minimum Gasteiger partial charge on any atom is -0.477 e. The molecule has 0 unspecified atom stereocenters. The number of aliphatic hydroxyl groups excluding tert-OH is 1. The summed E-state index contributed by atoms with van der Waals surface area (Å²) in [5.74, 6) is 0.176. The molecule has 11 heteroatoms. The largest absolute Gasteiger partial charge is 0.477 e. The summed E-state index contributed by atoms with van der Waals surface area (Å²) in [4.78, 5) is 26.0. The van der Waals surface area contributed by atoms with Crippen LogP contribution in [0.25, 0.3) is 50.2 Å². The maximum Gasteiger partial charge on any atom is 0.343 e. The normalized spacial score (nSPS) is 14.7. The third-order valence-electron chi connectivity index (χ3n) is 16.8. The summed E-state index contributed by atoms with van der Waals surface area (Å²) >= 11 is 1.65. The third kappa shape index (κ3) is 10.3. The van der Waals surface area contributed by atoms with Crippen LogP contribution in [0.1, 0.15) is 98.5 Å². The van der Waals surface area contributed by atoms with E-state index in [0.29, 0.717) is 34.7 Å². The Morgan fingerprint density at radius 1 is 0.639 bits per heavy atom. The van der Waals surface area contributed by atoms with Crippen LogP contribution in [0, 0.1) is 5.41 Å². The van der Waals surface area contributed by atoms with Crippen molar-refractivity contribution in [1.29, 1.82) is 0 Å². The van der Waals surface area contributed by atoms with Crippen LogP contribution in [0.2, 0.25) is 0 Å². The van der Waals surface area contributed by atoms with Crippen LogP contribution in [0.5, 0.6) is 11.5 Å². The molecule has 2 aliphatic heterocycles. The van der Waals surface area contributed by atoms with E-state index in [4.69, 9.17) is 4.74 Å². The van der Waals surface area contributed by atoms with Crippen LogP contribution in [0.4, 0.5) is 22.7 Å². The van der Waals surface area contributed by atoms with Crippen molar-refractivity contribution in [3.63, 3.8) is 0 Å². The third-order valence-corrected chi connectivity index (χ3v) is 17.9. The Labute approximate surface area is 492 Å². The number of aromatic carboxylic acids is 1. The van der Waals surface area contributed by atoms with E-state index >= 15 is 4.79 Å². The van der Waals surface area contributed by atoms with Gasteiger partial charge in [-0.25, -0.2) is 4.79 Å². The van der Waals surface area contributed by atoms with E-state index in [1.165, 1.54) is 5.57 Å². The number of allylic oxidation sites excluding steroid dienone is 3. The molecular formula is C72H74N5O5S+. The lowest BCUT2D eigenvalue weighted by molar-refractivity contribution is -0.595. The summed E-state index contributed by atoms with van der Waals surface area (Å²) in [7, 11) is 12.1. The van der Waals surface area contributed by atoms with Crippen molar-refractivity contribution in [2.24, 2.45) is 5.41 Å². The molecule has 0 saturated carbocycles. The van der Waals surface area contributed by atoms with Gasteiger partial charge in [0.1, 0.15) is 17.1 Å². The first kappa shape index (κ1) is 56.5.